The summed E-state index contributed by atoms with van der Waals surface area (Å²) in [6.45, 7) is 0.184. The van der Waals surface area contributed by atoms with Crippen LogP contribution >= 0.6 is 0 Å². The van der Waals surface area contributed by atoms with Crippen molar-refractivity contribution in [3.8, 4) is 0 Å². The van der Waals surface area contributed by atoms with Gasteiger partial charge in [0.2, 0.25) is 0 Å². The number of halogens is 1. The Labute approximate surface area is 85.5 Å². The van der Waals surface area contributed by atoms with Gasteiger partial charge in [0.05, 0.1) is 11.0 Å². The van der Waals surface area contributed by atoms with Crippen molar-refractivity contribution in [2.75, 3.05) is 6.54 Å². The van der Waals surface area contributed by atoms with Crippen molar-refractivity contribution in [3.05, 3.63) is 39.7 Å². The zero-order valence-corrected chi connectivity index (χ0v) is 7.89. The van der Waals surface area contributed by atoms with Crippen molar-refractivity contribution >= 4 is 5.69 Å². The summed E-state index contributed by atoms with van der Waals surface area (Å²) in [4.78, 5) is 9.78. The molecule has 82 valence electrons. The number of nitrogens with two attached hydrogens (primary N) is 1. The van der Waals surface area contributed by atoms with E-state index in [0.29, 0.717) is 0 Å². The topological polar surface area (TPSA) is 89.4 Å². The van der Waals surface area contributed by atoms with Crippen LogP contribution in [0.5, 0.6) is 0 Å². The van der Waals surface area contributed by atoms with Gasteiger partial charge in [-0.2, -0.15) is 0 Å². The first kappa shape index (κ1) is 11.5. The number of benzene rings is 1. The quantitative estimate of drug-likeness (QED) is 0.580. The van der Waals surface area contributed by atoms with Gasteiger partial charge in [0.25, 0.3) is 5.69 Å². The highest BCUT2D eigenvalue weighted by atomic mass is 19.1. The van der Waals surface area contributed by atoms with Crippen LogP contribution in [-0.2, 0) is 0 Å². The summed E-state index contributed by atoms with van der Waals surface area (Å²) in [6, 6.07) is 3.04. The lowest BCUT2D eigenvalue weighted by atomic mass is 10.1. The molecule has 0 aromatic heterocycles. The van der Waals surface area contributed by atoms with E-state index >= 15 is 0 Å². The minimum Gasteiger partial charge on any atom is -0.388 e. The molecule has 1 unspecified atom stereocenters. The van der Waals surface area contributed by atoms with Crippen LogP contribution in [-0.4, -0.2) is 16.6 Å². The van der Waals surface area contributed by atoms with Gasteiger partial charge in [-0.1, -0.05) is 0 Å². The van der Waals surface area contributed by atoms with Gasteiger partial charge in [0.1, 0.15) is 5.82 Å². The summed E-state index contributed by atoms with van der Waals surface area (Å²) < 4.78 is 13.2. The molecule has 6 heteroatoms. The molecule has 0 saturated heterocycles. The van der Waals surface area contributed by atoms with E-state index in [1.165, 1.54) is 0 Å². The Kier molecular flexibility index (Phi) is 3.70. The molecule has 0 heterocycles. The molecule has 15 heavy (non-hydrogen) atoms. The molecular weight excluding hydrogens is 203 g/mol. The first-order valence-electron chi connectivity index (χ1n) is 4.38. The van der Waals surface area contributed by atoms with Crippen LogP contribution in [0.2, 0.25) is 0 Å². The lowest BCUT2D eigenvalue weighted by molar-refractivity contribution is -0.385. The Morgan fingerprint density at radius 1 is 1.60 bits per heavy atom. The van der Waals surface area contributed by atoms with Crippen molar-refractivity contribution in [2.45, 2.75) is 12.5 Å². The lowest BCUT2D eigenvalue weighted by Gasteiger charge is -2.09. The van der Waals surface area contributed by atoms with Gasteiger partial charge >= 0.3 is 0 Å². The van der Waals surface area contributed by atoms with Crippen molar-refractivity contribution in [1.82, 2.24) is 0 Å². The molecule has 1 rings (SSSR count). The average molecular weight is 214 g/mol. The number of aliphatic hydroxyl groups excluding tert-OH is 1. The molecule has 1 atom stereocenters. The number of hydrogen-bond donors (Lipinski definition) is 2. The number of rotatable bonds is 4. The second kappa shape index (κ2) is 4.81. The Morgan fingerprint density at radius 3 is 2.80 bits per heavy atom. The SMILES string of the molecule is NCCC(O)c1cc([N+](=O)[O-])ccc1F. The van der Waals surface area contributed by atoms with E-state index in [0.717, 1.165) is 18.2 Å². The first-order valence-corrected chi connectivity index (χ1v) is 4.38. The third kappa shape index (κ3) is 2.71. The van der Waals surface area contributed by atoms with Gasteiger partial charge in [0, 0.05) is 17.7 Å². The highest BCUT2D eigenvalue weighted by Gasteiger charge is 2.16. The number of nitro groups is 1. The summed E-state index contributed by atoms with van der Waals surface area (Å²) in [5.74, 6) is -0.665. The van der Waals surface area contributed by atoms with E-state index in [1.54, 1.807) is 0 Å². The predicted octanol–water partition coefficient (Wildman–Crippen LogP) is 1.12. The van der Waals surface area contributed by atoms with E-state index < -0.39 is 16.8 Å². The molecule has 0 bridgehead atoms. The predicted molar refractivity (Wildman–Crippen MR) is 51.7 cm³/mol. The first-order chi connectivity index (χ1) is 7.06. The zero-order chi connectivity index (χ0) is 11.4. The Bertz CT molecular complexity index is 370. The molecule has 0 aliphatic heterocycles. The molecular formula is C9H11FN2O3. The fourth-order valence-electron chi connectivity index (χ4n) is 1.21. The monoisotopic (exact) mass is 214 g/mol. The Balaban J connectivity index is 3.04. The summed E-state index contributed by atoms with van der Waals surface area (Å²) in [7, 11) is 0. The molecule has 0 saturated carbocycles. The second-order valence-corrected chi connectivity index (χ2v) is 3.06. The number of nitrogens with zero attached hydrogens (tertiary/aromatic N) is 1. The molecule has 0 fully saturated rings. The number of hydrogen-bond acceptors (Lipinski definition) is 4. The van der Waals surface area contributed by atoms with E-state index in [-0.39, 0.29) is 24.2 Å². The largest absolute Gasteiger partial charge is 0.388 e. The van der Waals surface area contributed by atoms with Crippen molar-refractivity contribution < 1.29 is 14.4 Å². The van der Waals surface area contributed by atoms with Crippen molar-refractivity contribution in [2.24, 2.45) is 5.73 Å². The average Bonchev–Trinajstić information content (AvgIpc) is 2.18. The van der Waals surface area contributed by atoms with Gasteiger partial charge in [-0.3, -0.25) is 10.1 Å². The van der Waals surface area contributed by atoms with Gasteiger partial charge in [0.15, 0.2) is 0 Å². The van der Waals surface area contributed by atoms with Gasteiger partial charge in [-0.15, -0.1) is 0 Å². The molecule has 0 radical (unpaired) electrons. The van der Waals surface area contributed by atoms with Gasteiger partial charge < -0.3 is 10.8 Å². The van der Waals surface area contributed by atoms with Crippen LogP contribution in [0.3, 0.4) is 0 Å². The highest BCUT2D eigenvalue weighted by molar-refractivity contribution is 5.36. The Morgan fingerprint density at radius 2 is 2.27 bits per heavy atom. The van der Waals surface area contributed by atoms with Crippen LogP contribution < -0.4 is 5.73 Å². The zero-order valence-electron chi connectivity index (χ0n) is 7.89. The summed E-state index contributed by atoms with van der Waals surface area (Å²) in [6.07, 6.45) is -0.937. The molecule has 0 spiro atoms. The van der Waals surface area contributed by atoms with Crippen LogP contribution in [0.1, 0.15) is 18.1 Å². The van der Waals surface area contributed by atoms with Crippen LogP contribution in [0, 0.1) is 15.9 Å². The molecule has 0 amide bonds. The third-order valence-electron chi connectivity index (χ3n) is 1.99. The van der Waals surface area contributed by atoms with Gasteiger partial charge in [-0.25, -0.2) is 4.39 Å². The Hall–Kier alpha value is -1.53. The maximum absolute atomic E-state index is 13.2. The molecule has 1 aromatic rings. The minimum absolute atomic E-state index is 0.0883. The molecule has 3 N–H and O–H groups in total. The van der Waals surface area contributed by atoms with E-state index in [4.69, 9.17) is 5.73 Å². The number of nitro benzene ring substituents is 1. The van der Waals surface area contributed by atoms with E-state index in [2.05, 4.69) is 0 Å². The van der Waals surface area contributed by atoms with E-state index in [1.807, 2.05) is 0 Å². The minimum atomic E-state index is -1.10. The smallest absolute Gasteiger partial charge is 0.270 e. The normalized spacial score (nSPS) is 12.5. The molecule has 0 aliphatic carbocycles. The highest BCUT2D eigenvalue weighted by Crippen LogP contribution is 2.24. The number of non-ortho nitro benzene ring substituents is 1. The summed E-state index contributed by atoms with van der Waals surface area (Å²) >= 11 is 0. The second-order valence-electron chi connectivity index (χ2n) is 3.06. The molecule has 0 aliphatic rings. The summed E-state index contributed by atoms with van der Waals surface area (Å²) in [5, 5.41) is 19.9. The standard InChI is InChI=1S/C9H11FN2O3/c10-8-2-1-6(12(14)15)5-7(8)9(13)3-4-11/h1-2,5,9,13H,3-4,11H2. The van der Waals surface area contributed by atoms with Crippen molar-refractivity contribution in [1.29, 1.82) is 0 Å². The number of aliphatic hydroxyl groups is 1. The fraction of sp³-hybridized carbons (Fsp3) is 0.333. The van der Waals surface area contributed by atoms with Crippen LogP contribution in [0.4, 0.5) is 10.1 Å². The third-order valence-corrected chi connectivity index (χ3v) is 1.99. The van der Waals surface area contributed by atoms with Crippen LogP contribution in [0.25, 0.3) is 0 Å². The summed E-state index contributed by atoms with van der Waals surface area (Å²) in [5.41, 5.74) is 4.86. The van der Waals surface area contributed by atoms with Crippen LogP contribution in [0.15, 0.2) is 18.2 Å². The molecule has 5 nitrogen and oxygen atoms in total. The van der Waals surface area contributed by atoms with Crippen molar-refractivity contribution in [3.63, 3.8) is 0 Å². The maximum Gasteiger partial charge on any atom is 0.270 e. The lowest BCUT2D eigenvalue weighted by Crippen LogP contribution is -2.08. The van der Waals surface area contributed by atoms with Gasteiger partial charge in [-0.05, 0) is 19.0 Å². The van der Waals surface area contributed by atoms with E-state index in [9.17, 15) is 19.6 Å². The maximum atomic E-state index is 13.2. The molecule has 1 aromatic carbocycles. The fourth-order valence-corrected chi connectivity index (χ4v) is 1.21.